The standard InChI is InChI=1S/C14H21BrN2O4/c1-3-21-14-11(15)6-10(7-12(14)19-2)8-17-4-5-20-9-13(16)18/h6-7,17H,3-5,8-9H2,1-2H3,(H2,16,18). The van der Waals surface area contributed by atoms with Crippen molar-refractivity contribution in [2.45, 2.75) is 13.5 Å². The van der Waals surface area contributed by atoms with E-state index in [0.29, 0.717) is 37.8 Å². The Labute approximate surface area is 133 Å². The Morgan fingerprint density at radius 2 is 2.19 bits per heavy atom. The lowest BCUT2D eigenvalue weighted by Crippen LogP contribution is -2.23. The van der Waals surface area contributed by atoms with Gasteiger partial charge in [-0.3, -0.25) is 4.79 Å². The molecular weight excluding hydrogens is 340 g/mol. The molecule has 1 rings (SSSR count). The second-order valence-corrected chi connectivity index (χ2v) is 5.09. The number of ether oxygens (including phenoxy) is 3. The summed E-state index contributed by atoms with van der Waals surface area (Å²) in [5.74, 6) is 0.928. The van der Waals surface area contributed by atoms with Crippen LogP contribution >= 0.6 is 15.9 Å². The molecule has 0 saturated carbocycles. The highest BCUT2D eigenvalue weighted by Crippen LogP contribution is 2.36. The summed E-state index contributed by atoms with van der Waals surface area (Å²) in [6.45, 7) is 4.15. The van der Waals surface area contributed by atoms with Gasteiger partial charge in [0.15, 0.2) is 11.5 Å². The second kappa shape index (κ2) is 9.59. The van der Waals surface area contributed by atoms with Crippen LogP contribution in [-0.2, 0) is 16.1 Å². The van der Waals surface area contributed by atoms with E-state index in [0.717, 1.165) is 10.0 Å². The minimum absolute atomic E-state index is 0.0515. The molecule has 21 heavy (non-hydrogen) atoms. The SMILES string of the molecule is CCOc1c(Br)cc(CNCCOCC(N)=O)cc1OC. The first-order valence-electron chi connectivity index (χ1n) is 6.64. The van der Waals surface area contributed by atoms with Crippen LogP contribution in [0.15, 0.2) is 16.6 Å². The lowest BCUT2D eigenvalue weighted by atomic mass is 10.2. The molecule has 0 radical (unpaired) electrons. The van der Waals surface area contributed by atoms with E-state index in [9.17, 15) is 4.79 Å². The summed E-state index contributed by atoms with van der Waals surface area (Å²) >= 11 is 3.48. The number of benzene rings is 1. The predicted octanol–water partition coefficient (Wildman–Crippen LogP) is 1.45. The van der Waals surface area contributed by atoms with E-state index in [1.807, 2.05) is 19.1 Å². The van der Waals surface area contributed by atoms with Crippen molar-refractivity contribution >= 4 is 21.8 Å². The number of methoxy groups -OCH3 is 1. The minimum atomic E-state index is -0.463. The maximum Gasteiger partial charge on any atom is 0.243 e. The molecule has 0 saturated heterocycles. The van der Waals surface area contributed by atoms with Crippen LogP contribution in [0.5, 0.6) is 11.5 Å². The van der Waals surface area contributed by atoms with Crippen molar-refractivity contribution in [1.29, 1.82) is 0 Å². The van der Waals surface area contributed by atoms with Gasteiger partial charge in [0.1, 0.15) is 6.61 Å². The lowest BCUT2D eigenvalue weighted by molar-refractivity contribution is -0.122. The number of amides is 1. The Bertz CT molecular complexity index is 469. The number of primary amides is 1. The first kappa shape index (κ1) is 17.7. The molecule has 0 aliphatic heterocycles. The van der Waals surface area contributed by atoms with Gasteiger partial charge in [0, 0.05) is 13.1 Å². The third-order valence-corrected chi connectivity index (χ3v) is 3.16. The molecule has 0 aliphatic carbocycles. The molecule has 7 heteroatoms. The van der Waals surface area contributed by atoms with E-state index < -0.39 is 5.91 Å². The van der Waals surface area contributed by atoms with Gasteiger partial charge in [0.2, 0.25) is 5.91 Å². The van der Waals surface area contributed by atoms with Crippen LogP contribution in [0.3, 0.4) is 0 Å². The summed E-state index contributed by atoms with van der Waals surface area (Å²) < 4.78 is 16.8. The quantitative estimate of drug-likeness (QED) is 0.617. The van der Waals surface area contributed by atoms with Crippen LogP contribution in [0.2, 0.25) is 0 Å². The van der Waals surface area contributed by atoms with Crippen LogP contribution in [0.4, 0.5) is 0 Å². The van der Waals surface area contributed by atoms with Crippen LogP contribution in [-0.4, -0.2) is 39.4 Å². The Kier molecular flexibility index (Phi) is 8.11. The topological polar surface area (TPSA) is 82.8 Å². The molecule has 1 aromatic carbocycles. The smallest absolute Gasteiger partial charge is 0.243 e. The molecule has 3 N–H and O–H groups in total. The van der Waals surface area contributed by atoms with Crippen molar-refractivity contribution in [2.75, 3.05) is 33.5 Å². The maximum atomic E-state index is 10.5. The average Bonchev–Trinajstić information content (AvgIpc) is 2.44. The predicted molar refractivity (Wildman–Crippen MR) is 83.6 cm³/mol. The fraction of sp³-hybridized carbons (Fsp3) is 0.500. The van der Waals surface area contributed by atoms with Crippen molar-refractivity contribution in [3.63, 3.8) is 0 Å². The molecule has 1 aromatic rings. The summed E-state index contributed by atoms with van der Waals surface area (Å²) in [7, 11) is 1.61. The van der Waals surface area contributed by atoms with E-state index in [2.05, 4.69) is 21.2 Å². The summed E-state index contributed by atoms with van der Waals surface area (Å²) in [6, 6.07) is 3.90. The molecule has 0 heterocycles. The molecule has 0 fully saturated rings. The Balaban J connectivity index is 2.48. The average molecular weight is 361 g/mol. The van der Waals surface area contributed by atoms with Crippen LogP contribution in [0.1, 0.15) is 12.5 Å². The summed E-state index contributed by atoms with van der Waals surface area (Å²) in [5, 5.41) is 3.21. The number of carbonyl (C=O) groups excluding carboxylic acids is 1. The lowest BCUT2D eigenvalue weighted by Gasteiger charge is -2.13. The normalized spacial score (nSPS) is 10.4. The van der Waals surface area contributed by atoms with Crippen LogP contribution < -0.4 is 20.5 Å². The van der Waals surface area contributed by atoms with Crippen LogP contribution in [0.25, 0.3) is 0 Å². The van der Waals surface area contributed by atoms with Gasteiger partial charge in [-0.1, -0.05) is 0 Å². The summed E-state index contributed by atoms with van der Waals surface area (Å²) in [5.41, 5.74) is 6.02. The minimum Gasteiger partial charge on any atom is -0.493 e. The van der Waals surface area contributed by atoms with E-state index in [4.69, 9.17) is 19.9 Å². The van der Waals surface area contributed by atoms with E-state index in [-0.39, 0.29) is 6.61 Å². The largest absolute Gasteiger partial charge is 0.493 e. The van der Waals surface area contributed by atoms with Gasteiger partial charge in [-0.2, -0.15) is 0 Å². The van der Waals surface area contributed by atoms with Gasteiger partial charge in [-0.25, -0.2) is 0 Å². The van der Waals surface area contributed by atoms with Gasteiger partial charge in [0.25, 0.3) is 0 Å². The molecule has 0 unspecified atom stereocenters. The first-order valence-corrected chi connectivity index (χ1v) is 7.43. The molecular formula is C14H21BrN2O4. The van der Waals surface area contributed by atoms with E-state index >= 15 is 0 Å². The maximum absolute atomic E-state index is 10.5. The monoisotopic (exact) mass is 360 g/mol. The Morgan fingerprint density at radius 1 is 1.43 bits per heavy atom. The molecule has 0 bridgehead atoms. The van der Waals surface area contributed by atoms with Gasteiger partial charge in [0.05, 0.1) is 24.8 Å². The molecule has 0 spiro atoms. The van der Waals surface area contributed by atoms with Crippen molar-refractivity contribution in [3.8, 4) is 11.5 Å². The number of hydrogen-bond donors (Lipinski definition) is 2. The molecule has 6 nitrogen and oxygen atoms in total. The van der Waals surface area contributed by atoms with Crippen molar-refractivity contribution in [2.24, 2.45) is 5.73 Å². The fourth-order valence-corrected chi connectivity index (χ4v) is 2.31. The third kappa shape index (κ3) is 6.33. The molecule has 118 valence electrons. The Morgan fingerprint density at radius 3 is 2.81 bits per heavy atom. The molecule has 1 amide bonds. The number of rotatable bonds is 10. The molecule has 0 atom stereocenters. The fourth-order valence-electron chi connectivity index (χ4n) is 1.71. The van der Waals surface area contributed by atoms with E-state index in [1.165, 1.54) is 0 Å². The molecule has 0 aliphatic rings. The second-order valence-electron chi connectivity index (χ2n) is 4.24. The van der Waals surface area contributed by atoms with Gasteiger partial charge in [-0.05, 0) is 40.5 Å². The third-order valence-electron chi connectivity index (χ3n) is 2.57. The summed E-state index contributed by atoms with van der Waals surface area (Å²) in [6.07, 6.45) is 0. The first-order chi connectivity index (χ1) is 10.1. The number of nitrogens with one attached hydrogen (secondary N) is 1. The number of nitrogens with two attached hydrogens (primary N) is 1. The zero-order valence-electron chi connectivity index (χ0n) is 12.3. The number of carbonyl (C=O) groups is 1. The summed E-state index contributed by atoms with van der Waals surface area (Å²) in [4.78, 5) is 10.5. The van der Waals surface area contributed by atoms with Gasteiger partial charge >= 0.3 is 0 Å². The van der Waals surface area contributed by atoms with Crippen molar-refractivity contribution < 1.29 is 19.0 Å². The van der Waals surface area contributed by atoms with Crippen LogP contribution in [0, 0.1) is 0 Å². The molecule has 0 aromatic heterocycles. The highest BCUT2D eigenvalue weighted by molar-refractivity contribution is 9.10. The van der Waals surface area contributed by atoms with Crippen molar-refractivity contribution in [1.82, 2.24) is 5.32 Å². The highest BCUT2D eigenvalue weighted by atomic mass is 79.9. The highest BCUT2D eigenvalue weighted by Gasteiger charge is 2.10. The van der Waals surface area contributed by atoms with E-state index in [1.54, 1.807) is 7.11 Å². The number of halogens is 1. The zero-order chi connectivity index (χ0) is 15.7. The van der Waals surface area contributed by atoms with Gasteiger partial charge < -0.3 is 25.3 Å². The van der Waals surface area contributed by atoms with Crippen molar-refractivity contribution in [3.05, 3.63) is 22.2 Å². The van der Waals surface area contributed by atoms with Gasteiger partial charge in [-0.15, -0.1) is 0 Å². The Hall–Kier alpha value is -1.31. The number of hydrogen-bond acceptors (Lipinski definition) is 5. The zero-order valence-corrected chi connectivity index (χ0v) is 13.9.